The van der Waals surface area contributed by atoms with Crippen LogP contribution in [0.15, 0.2) is 60.8 Å². The van der Waals surface area contributed by atoms with Gasteiger partial charge in [-0.1, -0.05) is 24.3 Å². The number of carbonyl (C=O) groups excluding carboxylic acids is 2. The van der Waals surface area contributed by atoms with Crippen LogP contribution >= 0.6 is 0 Å². The molecule has 0 saturated heterocycles. The van der Waals surface area contributed by atoms with Crippen molar-refractivity contribution in [3.05, 3.63) is 83.4 Å². The summed E-state index contributed by atoms with van der Waals surface area (Å²) < 4.78 is 19.1. The lowest BCUT2D eigenvalue weighted by Crippen LogP contribution is -2.33. The molecule has 0 saturated carbocycles. The second-order valence-corrected chi connectivity index (χ2v) is 8.14. The Bertz CT molecular complexity index is 1390. The standard InChI is InChI=1S/C26H23N3O5/c1-16-11-19(17(2)29(16)13-18-14-32-24-9-5-6-10-25(24)34-18)23(30)15-33-26(31)22-12-27-20-7-3-4-8-21(20)28-22/h3-12,18H,13-15H2,1-2H3. The van der Waals surface area contributed by atoms with Gasteiger partial charge in [0.1, 0.15) is 6.61 Å². The minimum atomic E-state index is -0.688. The molecule has 8 nitrogen and oxygen atoms in total. The second-order valence-electron chi connectivity index (χ2n) is 8.14. The van der Waals surface area contributed by atoms with Crippen LogP contribution in [0.5, 0.6) is 11.5 Å². The van der Waals surface area contributed by atoms with Crippen molar-refractivity contribution in [1.29, 1.82) is 0 Å². The van der Waals surface area contributed by atoms with Crippen molar-refractivity contribution in [2.45, 2.75) is 26.5 Å². The van der Waals surface area contributed by atoms with Crippen LogP contribution in [-0.2, 0) is 11.3 Å². The third-order valence-corrected chi connectivity index (χ3v) is 5.82. The summed E-state index contributed by atoms with van der Waals surface area (Å²) in [6.07, 6.45) is 1.16. The first-order valence-corrected chi connectivity index (χ1v) is 11.0. The molecule has 2 aromatic carbocycles. The van der Waals surface area contributed by atoms with E-state index in [4.69, 9.17) is 14.2 Å². The molecule has 3 heterocycles. The van der Waals surface area contributed by atoms with E-state index >= 15 is 0 Å². The number of hydrogen-bond donors (Lipinski definition) is 0. The van der Waals surface area contributed by atoms with Gasteiger partial charge in [0.2, 0.25) is 5.78 Å². The smallest absolute Gasteiger partial charge is 0.359 e. The van der Waals surface area contributed by atoms with Crippen molar-refractivity contribution < 1.29 is 23.8 Å². The highest BCUT2D eigenvalue weighted by Gasteiger charge is 2.24. The maximum atomic E-state index is 12.9. The Kier molecular flexibility index (Phi) is 5.71. The van der Waals surface area contributed by atoms with E-state index in [1.165, 1.54) is 6.20 Å². The predicted octanol–water partition coefficient (Wildman–Crippen LogP) is 3.93. The van der Waals surface area contributed by atoms with E-state index in [2.05, 4.69) is 9.97 Å². The zero-order chi connectivity index (χ0) is 23.7. The zero-order valence-electron chi connectivity index (χ0n) is 18.9. The lowest BCUT2D eigenvalue weighted by atomic mass is 10.1. The van der Waals surface area contributed by atoms with Crippen molar-refractivity contribution in [2.24, 2.45) is 0 Å². The number of rotatable bonds is 6. The van der Waals surface area contributed by atoms with Crippen LogP contribution in [0.3, 0.4) is 0 Å². The number of ketones is 1. The first-order valence-electron chi connectivity index (χ1n) is 11.0. The molecular formula is C26H23N3O5. The molecular weight excluding hydrogens is 434 g/mol. The van der Waals surface area contributed by atoms with E-state index in [0.29, 0.717) is 35.5 Å². The average molecular weight is 457 g/mol. The number of carbonyl (C=O) groups is 2. The number of esters is 1. The van der Waals surface area contributed by atoms with Crippen LogP contribution in [0.2, 0.25) is 0 Å². The number of para-hydroxylation sites is 4. The quantitative estimate of drug-likeness (QED) is 0.320. The summed E-state index contributed by atoms with van der Waals surface area (Å²) in [6, 6.07) is 16.6. The van der Waals surface area contributed by atoms with Crippen LogP contribution in [0.4, 0.5) is 0 Å². The van der Waals surface area contributed by atoms with Crippen molar-refractivity contribution >= 4 is 22.8 Å². The Morgan fingerprint density at radius 3 is 2.62 bits per heavy atom. The number of Topliss-reactive ketones (excluding diaryl/α,β-unsaturated/α-hetero) is 1. The lowest BCUT2D eigenvalue weighted by Gasteiger charge is -2.27. The Labute approximate surface area is 196 Å². The van der Waals surface area contributed by atoms with Crippen molar-refractivity contribution in [2.75, 3.05) is 13.2 Å². The molecule has 1 aliphatic rings. The van der Waals surface area contributed by atoms with Gasteiger partial charge in [-0.25, -0.2) is 9.78 Å². The van der Waals surface area contributed by atoms with Crippen LogP contribution in [0, 0.1) is 13.8 Å². The van der Waals surface area contributed by atoms with Crippen molar-refractivity contribution in [3.63, 3.8) is 0 Å². The largest absolute Gasteiger partial charge is 0.486 e. The van der Waals surface area contributed by atoms with Gasteiger partial charge in [0.05, 0.1) is 23.8 Å². The molecule has 8 heteroatoms. The van der Waals surface area contributed by atoms with Crippen LogP contribution in [0.1, 0.15) is 32.2 Å². The third kappa shape index (κ3) is 4.22. The molecule has 0 spiro atoms. The molecule has 0 fully saturated rings. The summed E-state index contributed by atoms with van der Waals surface area (Å²) in [6.45, 7) is 4.37. The highest BCUT2D eigenvalue weighted by atomic mass is 16.6. The molecule has 34 heavy (non-hydrogen) atoms. The maximum Gasteiger partial charge on any atom is 0.359 e. The molecule has 5 rings (SSSR count). The van der Waals surface area contributed by atoms with Gasteiger partial charge >= 0.3 is 5.97 Å². The number of benzene rings is 2. The molecule has 0 amide bonds. The minimum absolute atomic E-state index is 0.0618. The highest BCUT2D eigenvalue weighted by molar-refractivity contribution is 6.00. The number of aromatic nitrogens is 3. The van der Waals surface area contributed by atoms with E-state index in [9.17, 15) is 9.59 Å². The fourth-order valence-electron chi connectivity index (χ4n) is 4.06. The van der Waals surface area contributed by atoms with Crippen LogP contribution < -0.4 is 9.47 Å². The maximum absolute atomic E-state index is 12.9. The molecule has 0 aliphatic carbocycles. The van der Waals surface area contributed by atoms with Crippen molar-refractivity contribution in [3.8, 4) is 11.5 Å². The molecule has 0 bridgehead atoms. The molecule has 172 valence electrons. The third-order valence-electron chi connectivity index (χ3n) is 5.82. The van der Waals surface area contributed by atoms with Crippen LogP contribution in [-0.4, -0.2) is 45.6 Å². The SMILES string of the molecule is Cc1cc(C(=O)COC(=O)c2cnc3ccccc3n2)c(C)n1CC1COc2ccccc2O1. The number of hydrogen-bond acceptors (Lipinski definition) is 7. The highest BCUT2D eigenvalue weighted by Crippen LogP contribution is 2.31. The van der Waals surface area contributed by atoms with Gasteiger partial charge in [-0.3, -0.25) is 9.78 Å². The fourth-order valence-corrected chi connectivity index (χ4v) is 4.06. The van der Waals surface area contributed by atoms with Gasteiger partial charge in [-0.05, 0) is 44.2 Å². The van der Waals surface area contributed by atoms with Gasteiger partial charge in [0, 0.05) is 17.0 Å². The van der Waals surface area contributed by atoms with E-state index in [1.807, 2.05) is 54.8 Å². The van der Waals surface area contributed by atoms with Crippen molar-refractivity contribution in [1.82, 2.24) is 14.5 Å². The van der Waals surface area contributed by atoms with Gasteiger partial charge in [-0.2, -0.15) is 0 Å². The minimum Gasteiger partial charge on any atom is -0.486 e. The van der Waals surface area contributed by atoms with E-state index in [-0.39, 0.29) is 24.2 Å². The first-order chi connectivity index (χ1) is 16.5. The second kappa shape index (κ2) is 8.97. The first kappa shape index (κ1) is 21.6. The molecule has 1 atom stereocenters. The molecule has 1 aliphatic heterocycles. The molecule has 1 unspecified atom stereocenters. The summed E-state index contributed by atoms with van der Waals surface area (Å²) in [7, 11) is 0. The Morgan fingerprint density at radius 1 is 1.06 bits per heavy atom. The topological polar surface area (TPSA) is 92.5 Å². The number of nitrogens with zero attached hydrogens (tertiary/aromatic N) is 3. The molecule has 0 radical (unpaired) electrons. The van der Waals surface area contributed by atoms with Gasteiger partial charge in [0.25, 0.3) is 0 Å². The fraction of sp³-hybridized carbons (Fsp3) is 0.231. The number of fused-ring (bicyclic) bond motifs is 2. The Hall–Kier alpha value is -4.20. The summed E-state index contributed by atoms with van der Waals surface area (Å²) in [5.74, 6) is 0.467. The summed E-state index contributed by atoms with van der Waals surface area (Å²) in [4.78, 5) is 33.8. The monoisotopic (exact) mass is 457 g/mol. The number of aryl methyl sites for hydroxylation is 1. The number of ether oxygens (including phenoxy) is 3. The zero-order valence-corrected chi connectivity index (χ0v) is 18.9. The molecule has 0 N–H and O–H groups in total. The summed E-state index contributed by atoms with van der Waals surface area (Å²) in [5.41, 5.74) is 3.53. The molecule has 4 aromatic rings. The van der Waals surface area contributed by atoms with E-state index in [1.54, 1.807) is 18.2 Å². The Morgan fingerprint density at radius 2 is 1.79 bits per heavy atom. The van der Waals surface area contributed by atoms with Gasteiger partial charge in [-0.15, -0.1) is 0 Å². The molecule has 2 aromatic heterocycles. The lowest BCUT2D eigenvalue weighted by molar-refractivity contribution is 0.0468. The van der Waals surface area contributed by atoms with E-state index < -0.39 is 5.97 Å². The van der Waals surface area contributed by atoms with Gasteiger partial charge in [0.15, 0.2) is 29.9 Å². The van der Waals surface area contributed by atoms with E-state index in [0.717, 1.165) is 17.1 Å². The Balaban J connectivity index is 1.25. The summed E-state index contributed by atoms with van der Waals surface area (Å²) in [5, 5.41) is 0. The van der Waals surface area contributed by atoms with Gasteiger partial charge < -0.3 is 18.8 Å². The predicted molar refractivity (Wildman–Crippen MR) is 124 cm³/mol. The van der Waals surface area contributed by atoms with Crippen LogP contribution in [0.25, 0.3) is 11.0 Å². The normalized spacial score (nSPS) is 14.7. The summed E-state index contributed by atoms with van der Waals surface area (Å²) >= 11 is 0. The average Bonchev–Trinajstić information content (AvgIpc) is 3.15.